The SMILES string of the molecule is CCCCCCCCCCCCC(=O)O.[BaH2]. The van der Waals surface area contributed by atoms with Gasteiger partial charge in [0.25, 0.3) is 0 Å². The second-order valence-corrected chi connectivity index (χ2v) is 4.33. The van der Waals surface area contributed by atoms with E-state index in [0.29, 0.717) is 6.42 Å². The number of aliphatic carboxylic acids is 1. The van der Waals surface area contributed by atoms with E-state index in [1.54, 1.807) is 0 Å². The number of unbranched alkanes of at least 4 members (excludes halogenated alkanes) is 9. The molecule has 94 valence electrons. The summed E-state index contributed by atoms with van der Waals surface area (Å²) in [5.74, 6) is -0.658. The number of carboxylic acids is 1. The molecule has 0 amide bonds. The summed E-state index contributed by atoms with van der Waals surface area (Å²) >= 11 is 0. The average molecular weight is 354 g/mol. The molecular formula is C13H28BaO2. The molecule has 0 aliphatic carbocycles. The molecule has 0 rings (SSSR count). The Balaban J connectivity index is 0. The Morgan fingerprint density at radius 2 is 1.19 bits per heavy atom. The monoisotopic (exact) mass is 354 g/mol. The molecule has 3 heteroatoms. The fourth-order valence-electron chi connectivity index (χ4n) is 1.76. The first-order valence-corrected chi connectivity index (χ1v) is 6.49. The maximum atomic E-state index is 10.2. The number of hydrogen-bond acceptors (Lipinski definition) is 1. The molecule has 0 aromatic carbocycles. The van der Waals surface area contributed by atoms with Crippen molar-refractivity contribution < 1.29 is 9.90 Å². The van der Waals surface area contributed by atoms with E-state index in [0.717, 1.165) is 12.8 Å². The minimum absolute atomic E-state index is 0. The third kappa shape index (κ3) is 17.4. The van der Waals surface area contributed by atoms with Gasteiger partial charge in [-0.3, -0.25) is 4.79 Å². The molecule has 0 fully saturated rings. The van der Waals surface area contributed by atoms with Gasteiger partial charge in [0, 0.05) is 6.42 Å². The Hall–Kier alpha value is 1.04. The van der Waals surface area contributed by atoms with E-state index < -0.39 is 5.97 Å². The predicted octanol–water partition coefficient (Wildman–Crippen LogP) is 3.47. The second-order valence-electron chi connectivity index (χ2n) is 4.33. The van der Waals surface area contributed by atoms with Crippen LogP contribution in [0, 0.1) is 0 Å². The van der Waals surface area contributed by atoms with Crippen molar-refractivity contribution in [3.63, 3.8) is 0 Å². The number of carbonyl (C=O) groups is 1. The Morgan fingerprint density at radius 3 is 1.56 bits per heavy atom. The van der Waals surface area contributed by atoms with E-state index in [9.17, 15) is 4.79 Å². The molecule has 0 spiro atoms. The van der Waals surface area contributed by atoms with Crippen molar-refractivity contribution in [3.05, 3.63) is 0 Å². The van der Waals surface area contributed by atoms with Gasteiger partial charge >= 0.3 is 54.9 Å². The Bertz CT molecular complexity index is 149. The molecule has 0 radical (unpaired) electrons. The molecule has 16 heavy (non-hydrogen) atoms. The van der Waals surface area contributed by atoms with Gasteiger partial charge in [0.15, 0.2) is 0 Å². The zero-order valence-electron chi connectivity index (χ0n) is 10.1. The van der Waals surface area contributed by atoms with Gasteiger partial charge in [-0.25, -0.2) is 0 Å². The summed E-state index contributed by atoms with van der Waals surface area (Å²) in [5, 5.41) is 8.44. The van der Waals surface area contributed by atoms with Crippen LogP contribution in [-0.2, 0) is 4.79 Å². The molecule has 0 saturated carbocycles. The van der Waals surface area contributed by atoms with Crippen LogP contribution in [0.25, 0.3) is 0 Å². The summed E-state index contributed by atoms with van der Waals surface area (Å²) in [6, 6.07) is 0. The Kier molecular flexibility index (Phi) is 19.4. The molecule has 2 nitrogen and oxygen atoms in total. The van der Waals surface area contributed by atoms with E-state index in [1.165, 1.54) is 51.4 Å². The van der Waals surface area contributed by atoms with E-state index in [-0.39, 0.29) is 48.9 Å². The van der Waals surface area contributed by atoms with Gasteiger partial charge < -0.3 is 5.11 Å². The van der Waals surface area contributed by atoms with E-state index in [4.69, 9.17) is 5.11 Å². The summed E-state index contributed by atoms with van der Waals surface area (Å²) < 4.78 is 0. The van der Waals surface area contributed by atoms with Crippen molar-refractivity contribution in [1.82, 2.24) is 0 Å². The average Bonchev–Trinajstić information content (AvgIpc) is 2.20. The number of rotatable bonds is 11. The summed E-state index contributed by atoms with van der Waals surface area (Å²) in [4.78, 5) is 10.2. The van der Waals surface area contributed by atoms with E-state index in [1.807, 2.05) is 0 Å². The van der Waals surface area contributed by atoms with Gasteiger partial charge in [-0.2, -0.15) is 0 Å². The zero-order chi connectivity index (χ0) is 11.4. The Morgan fingerprint density at radius 1 is 0.812 bits per heavy atom. The van der Waals surface area contributed by atoms with Crippen LogP contribution in [0.4, 0.5) is 0 Å². The minimum atomic E-state index is -0.658. The summed E-state index contributed by atoms with van der Waals surface area (Å²) in [6.45, 7) is 2.24. The van der Waals surface area contributed by atoms with Crippen molar-refractivity contribution in [2.24, 2.45) is 0 Å². The van der Waals surface area contributed by atoms with Crippen LogP contribution in [-0.4, -0.2) is 60.0 Å². The van der Waals surface area contributed by atoms with E-state index >= 15 is 0 Å². The molecule has 0 atom stereocenters. The number of hydrogen-bond donors (Lipinski definition) is 1. The maximum absolute atomic E-state index is 10.2. The van der Waals surface area contributed by atoms with Crippen molar-refractivity contribution in [2.75, 3.05) is 0 Å². The quantitative estimate of drug-likeness (QED) is 0.456. The molecular weight excluding hydrogens is 325 g/mol. The molecule has 0 aliphatic rings. The van der Waals surface area contributed by atoms with Gasteiger partial charge in [0.2, 0.25) is 0 Å². The third-order valence-corrected chi connectivity index (χ3v) is 2.74. The van der Waals surface area contributed by atoms with Gasteiger partial charge in [-0.05, 0) is 6.42 Å². The first-order chi connectivity index (χ1) is 7.27. The van der Waals surface area contributed by atoms with Crippen LogP contribution in [0.1, 0.15) is 77.6 Å². The molecule has 0 saturated heterocycles. The van der Waals surface area contributed by atoms with Crippen LogP contribution < -0.4 is 0 Å². The van der Waals surface area contributed by atoms with E-state index in [2.05, 4.69) is 6.92 Å². The number of carboxylic acid groups (broad SMARTS) is 1. The van der Waals surface area contributed by atoms with Crippen molar-refractivity contribution >= 4 is 54.9 Å². The van der Waals surface area contributed by atoms with Crippen LogP contribution in [0.2, 0.25) is 0 Å². The van der Waals surface area contributed by atoms with Crippen LogP contribution in [0.15, 0.2) is 0 Å². The van der Waals surface area contributed by atoms with Crippen molar-refractivity contribution in [1.29, 1.82) is 0 Å². The van der Waals surface area contributed by atoms with Gasteiger partial charge in [-0.1, -0.05) is 64.7 Å². The summed E-state index contributed by atoms with van der Waals surface area (Å²) in [5.41, 5.74) is 0. The second kappa shape index (κ2) is 16.0. The van der Waals surface area contributed by atoms with Gasteiger partial charge in [0.1, 0.15) is 0 Å². The van der Waals surface area contributed by atoms with Gasteiger partial charge in [0.05, 0.1) is 0 Å². The predicted molar refractivity (Wildman–Crippen MR) is 72.6 cm³/mol. The molecule has 0 unspecified atom stereocenters. The zero-order valence-corrected chi connectivity index (χ0v) is 10.1. The third-order valence-electron chi connectivity index (χ3n) is 2.74. The molecule has 0 heterocycles. The normalized spacial score (nSPS) is 9.81. The van der Waals surface area contributed by atoms with Crippen LogP contribution >= 0.6 is 0 Å². The molecule has 0 aliphatic heterocycles. The first-order valence-electron chi connectivity index (χ1n) is 6.49. The van der Waals surface area contributed by atoms with Crippen molar-refractivity contribution in [3.8, 4) is 0 Å². The fourth-order valence-corrected chi connectivity index (χ4v) is 1.76. The van der Waals surface area contributed by atoms with Crippen LogP contribution in [0.3, 0.4) is 0 Å². The van der Waals surface area contributed by atoms with Crippen molar-refractivity contribution in [2.45, 2.75) is 77.6 Å². The molecule has 0 aromatic heterocycles. The van der Waals surface area contributed by atoms with Gasteiger partial charge in [-0.15, -0.1) is 0 Å². The Labute approximate surface area is 141 Å². The van der Waals surface area contributed by atoms with Crippen LogP contribution in [0.5, 0.6) is 0 Å². The fraction of sp³-hybridized carbons (Fsp3) is 0.923. The summed E-state index contributed by atoms with van der Waals surface area (Å²) in [7, 11) is 0. The standard InChI is InChI=1S/C13H26O2.Ba.2H/c1-2-3-4-5-6-7-8-9-10-11-12-13(14)15;;;/h2-12H2,1H3,(H,14,15);;;. The summed E-state index contributed by atoms with van der Waals surface area (Å²) in [6.07, 6.45) is 12.9. The molecule has 0 aromatic rings. The molecule has 0 bridgehead atoms. The molecule has 1 N–H and O–H groups in total. The topological polar surface area (TPSA) is 37.3 Å². The first kappa shape index (κ1) is 19.4.